The predicted molar refractivity (Wildman–Crippen MR) is 110 cm³/mol. The van der Waals surface area contributed by atoms with Gasteiger partial charge >= 0.3 is 0 Å². The van der Waals surface area contributed by atoms with Crippen molar-refractivity contribution in [1.82, 2.24) is 25.5 Å². The third kappa shape index (κ3) is 6.36. The van der Waals surface area contributed by atoms with Crippen LogP contribution in [0, 0.1) is 0 Å². The fourth-order valence-corrected chi connectivity index (χ4v) is 2.87. The van der Waals surface area contributed by atoms with Crippen LogP contribution in [0.3, 0.4) is 0 Å². The molecular formula is C18H27BrN6O3. The first-order valence-electron chi connectivity index (χ1n) is 9.12. The number of benzene rings is 1. The molecule has 2 aromatic rings. The van der Waals surface area contributed by atoms with Crippen molar-refractivity contribution in [3.05, 3.63) is 22.2 Å². The molecule has 0 radical (unpaired) electrons. The SMILES string of the molecule is CCOc1cc(CNc2nnnn2CC)c(Br)cc1OCC(=O)NC(C)(C)C. The van der Waals surface area contributed by atoms with Crippen LogP contribution in [0.25, 0.3) is 0 Å². The van der Waals surface area contributed by atoms with E-state index in [2.05, 4.69) is 42.1 Å². The van der Waals surface area contributed by atoms with Gasteiger partial charge in [-0.1, -0.05) is 21.0 Å². The highest BCUT2D eigenvalue weighted by Gasteiger charge is 2.16. The van der Waals surface area contributed by atoms with Gasteiger partial charge in [-0.25, -0.2) is 4.68 Å². The Morgan fingerprint density at radius 2 is 1.93 bits per heavy atom. The molecule has 0 spiro atoms. The first-order chi connectivity index (χ1) is 13.2. The Bertz CT molecular complexity index is 803. The Kier molecular flexibility index (Phi) is 7.61. The van der Waals surface area contributed by atoms with Crippen molar-refractivity contribution in [2.24, 2.45) is 0 Å². The molecule has 0 aliphatic carbocycles. The molecule has 0 bridgehead atoms. The smallest absolute Gasteiger partial charge is 0.258 e. The first kappa shape index (κ1) is 21.9. The van der Waals surface area contributed by atoms with Crippen LogP contribution in [0.4, 0.5) is 5.95 Å². The van der Waals surface area contributed by atoms with E-state index in [1.54, 1.807) is 10.7 Å². The third-order valence-corrected chi connectivity index (χ3v) is 4.29. The Morgan fingerprint density at radius 1 is 1.21 bits per heavy atom. The molecule has 28 heavy (non-hydrogen) atoms. The molecule has 0 saturated carbocycles. The summed E-state index contributed by atoms with van der Waals surface area (Å²) in [5.41, 5.74) is 0.633. The fraction of sp³-hybridized carbons (Fsp3) is 0.556. The van der Waals surface area contributed by atoms with Gasteiger partial charge in [0.1, 0.15) is 0 Å². The summed E-state index contributed by atoms with van der Waals surface area (Å²) in [5, 5.41) is 17.6. The summed E-state index contributed by atoms with van der Waals surface area (Å²) in [6.45, 7) is 11.2. The number of nitrogens with zero attached hydrogens (tertiary/aromatic N) is 4. The second-order valence-electron chi connectivity index (χ2n) is 7.08. The van der Waals surface area contributed by atoms with Gasteiger partial charge in [-0.2, -0.15) is 0 Å². The lowest BCUT2D eigenvalue weighted by molar-refractivity contribution is -0.124. The van der Waals surface area contributed by atoms with E-state index in [1.165, 1.54) is 0 Å². The van der Waals surface area contributed by atoms with Crippen LogP contribution in [-0.4, -0.2) is 44.9 Å². The number of tetrazole rings is 1. The van der Waals surface area contributed by atoms with E-state index in [1.807, 2.05) is 40.7 Å². The quantitative estimate of drug-likeness (QED) is 0.599. The summed E-state index contributed by atoms with van der Waals surface area (Å²) in [4.78, 5) is 12.0. The molecule has 1 aromatic heterocycles. The molecule has 10 heteroatoms. The van der Waals surface area contributed by atoms with E-state index in [-0.39, 0.29) is 18.1 Å². The number of ether oxygens (including phenoxy) is 2. The van der Waals surface area contributed by atoms with Crippen LogP contribution >= 0.6 is 15.9 Å². The zero-order valence-electron chi connectivity index (χ0n) is 16.9. The number of hydrogen-bond acceptors (Lipinski definition) is 7. The molecular weight excluding hydrogens is 428 g/mol. The van der Waals surface area contributed by atoms with Crippen molar-refractivity contribution >= 4 is 27.8 Å². The number of aromatic nitrogens is 4. The molecule has 9 nitrogen and oxygen atoms in total. The molecule has 0 unspecified atom stereocenters. The summed E-state index contributed by atoms with van der Waals surface area (Å²) in [7, 11) is 0. The Hall–Kier alpha value is -2.36. The lowest BCUT2D eigenvalue weighted by Crippen LogP contribution is -2.43. The Balaban J connectivity index is 2.10. The van der Waals surface area contributed by atoms with E-state index in [4.69, 9.17) is 9.47 Å². The fourth-order valence-electron chi connectivity index (χ4n) is 2.41. The summed E-state index contributed by atoms with van der Waals surface area (Å²) in [6.07, 6.45) is 0. The topological polar surface area (TPSA) is 103 Å². The average molecular weight is 455 g/mol. The molecule has 1 heterocycles. The van der Waals surface area contributed by atoms with Crippen LogP contribution in [0.2, 0.25) is 0 Å². The van der Waals surface area contributed by atoms with Crippen LogP contribution < -0.4 is 20.1 Å². The van der Waals surface area contributed by atoms with Crippen LogP contribution in [0.15, 0.2) is 16.6 Å². The average Bonchev–Trinajstić information content (AvgIpc) is 3.06. The minimum Gasteiger partial charge on any atom is -0.490 e. The molecule has 0 saturated heterocycles. The van der Waals surface area contributed by atoms with E-state index >= 15 is 0 Å². The second-order valence-corrected chi connectivity index (χ2v) is 7.94. The number of carbonyl (C=O) groups excluding carboxylic acids is 1. The second kappa shape index (κ2) is 9.72. The molecule has 2 rings (SSSR count). The highest BCUT2D eigenvalue weighted by molar-refractivity contribution is 9.10. The van der Waals surface area contributed by atoms with Crippen molar-refractivity contribution in [2.75, 3.05) is 18.5 Å². The summed E-state index contributed by atoms with van der Waals surface area (Å²) in [5.74, 6) is 1.47. The molecule has 1 amide bonds. The van der Waals surface area contributed by atoms with Gasteiger partial charge in [0, 0.05) is 23.1 Å². The Labute approximate surface area is 173 Å². The van der Waals surface area contributed by atoms with E-state index in [0.717, 1.165) is 10.0 Å². The normalized spacial score (nSPS) is 11.2. The number of aryl methyl sites for hydroxylation is 1. The molecule has 154 valence electrons. The summed E-state index contributed by atoms with van der Waals surface area (Å²) >= 11 is 3.55. The number of anilines is 1. The maximum Gasteiger partial charge on any atom is 0.258 e. The minimum absolute atomic E-state index is 0.0906. The van der Waals surface area contributed by atoms with Gasteiger partial charge in [-0.3, -0.25) is 4.79 Å². The lowest BCUT2D eigenvalue weighted by Gasteiger charge is -2.21. The molecule has 0 aliphatic heterocycles. The molecule has 1 aromatic carbocycles. The van der Waals surface area contributed by atoms with Crippen molar-refractivity contribution in [1.29, 1.82) is 0 Å². The van der Waals surface area contributed by atoms with E-state index < -0.39 is 0 Å². The number of carbonyl (C=O) groups is 1. The zero-order valence-corrected chi connectivity index (χ0v) is 18.5. The number of hydrogen-bond donors (Lipinski definition) is 2. The van der Waals surface area contributed by atoms with Crippen LogP contribution in [0.5, 0.6) is 11.5 Å². The molecule has 0 fully saturated rings. The zero-order chi connectivity index (χ0) is 20.7. The number of rotatable bonds is 9. The maximum absolute atomic E-state index is 12.0. The number of halogens is 1. The van der Waals surface area contributed by atoms with Gasteiger partial charge in [0.25, 0.3) is 5.91 Å². The van der Waals surface area contributed by atoms with E-state index in [9.17, 15) is 4.79 Å². The monoisotopic (exact) mass is 454 g/mol. The van der Waals surface area contributed by atoms with Gasteiger partial charge in [-0.15, -0.1) is 0 Å². The highest BCUT2D eigenvalue weighted by atomic mass is 79.9. The molecule has 2 N–H and O–H groups in total. The van der Waals surface area contributed by atoms with Crippen LogP contribution in [-0.2, 0) is 17.9 Å². The molecule has 0 atom stereocenters. The maximum atomic E-state index is 12.0. The van der Waals surface area contributed by atoms with E-state index in [0.29, 0.717) is 37.1 Å². The Morgan fingerprint density at radius 3 is 2.57 bits per heavy atom. The third-order valence-electron chi connectivity index (χ3n) is 3.55. The van der Waals surface area contributed by atoms with Crippen molar-refractivity contribution in [2.45, 2.75) is 53.2 Å². The van der Waals surface area contributed by atoms with Gasteiger partial charge in [0.05, 0.1) is 6.61 Å². The van der Waals surface area contributed by atoms with Crippen molar-refractivity contribution < 1.29 is 14.3 Å². The minimum atomic E-state index is -0.312. The van der Waals surface area contributed by atoms with Gasteiger partial charge in [-0.05, 0) is 62.7 Å². The largest absolute Gasteiger partial charge is 0.490 e. The number of nitrogens with one attached hydrogen (secondary N) is 2. The number of amides is 1. The molecule has 0 aliphatic rings. The van der Waals surface area contributed by atoms with Gasteiger partial charge in [0.15, 0.2) is 18.1 Å². The summed E-state index contributed by atoms with van der Waals surface area (Å²) in [6, 6.07) is 3.67. The first-order valence-corrected chi connectivity index (χ1v) is 9.91. The van der Waals surface area contributed by atoms with Gasteiger partial charge in [0.2, 0.25) is 5.95 Å². The van der Waals surface area contributed by atoms with Crippen molar-refractivity contribution in [3.63, 3.8) is 0 Å². The van der Waals surface area contributed by atoms with Crippen LogP contribution in [0.1, 0.15) is 40.2 Å². The highest BCUT2D eigenvalue weighted by Crippen LogP contribution is 2.34. The lowest BCUT2D eigenvalue weighted by atomic mass is 10.1. The predicted octanol–water partition coefficient (Wildman–Crippen LogP) is 2.76. The van der Waals surface area contributed by atoms with Crippen molar-refractivity contribution in [3.8, 4) is 11.5 Å². The van der Waals surface area contributed by atoms with Gasteiger partial charge < -0.3 is 20.1 Å². The standard InChI is InChI=1S/C18H27BrN6O3/c1-6-25-17(22-23-24-25)20-10-12-8-14(27-7-2)15(9-13(12)19)28-11-16(26)21-18(3,4)5/h8-9H,6-7,10-11H2,1-5H3,(H,21,26)(H,20,22,24). The summed E-state index contributed by atoms with van der Waals surface area (Å²) < 4.78 is 13.9.